The van der Waals surface area contributed by atoms with E-state index >= 15 is 0 Å². The molecule has 0 saturated heterocycles. The van der Waals surface area contributed by atoms with E-state index in [0.29, 0.717) is 6.07 Å². The number of halogens is 2. The summed E-state index contributed by atoms with van der Waals surface area (Å²) < 4.78 is 24.5. The van der Waals surface area contributed by atoms with Gasteiger partial charge in [0.15, 0.2) is 0 Å². The van der Waals surface area contributed by atoms with Crippen LogP contribution >= 0.6 is 0 Å². The van der Waals surface area contributed by atoms with E-state index in [-0.39, 0.29) is 0 Å². The molecule has 0 unspecified atom stereocenters. The first-order chi connectivity index (χ1) is 7.34. The molecule has 0 aromatic carbocycles. The Bertz CT molecular complexity index is 427. The van der Waals surface area contributed by atoms with Gasteiger partial charge < -0.3 is 20.3 Å². The second-order valence-corrected chi connectivity index (χ2v) is 2.63. The molecule has 1 heterocycles. The van der Waals surface area contributed by atoms with E-state index in [9.17, 15) is 23.7 Å². The summed E-state index contributed by atoms with van der Waals surface area (Å²) in [6, 6.07) is 0.384. The molecule has 1 aromatic heterocycles. The fourth-order valence-electron chi connectivity index (χ4n) is 0.946. The first-order valence-corrected chi connectivity index (χ1v) is 3.74. The number of carboxylic acid groups (broad SMARTS) is 1. The van der Waals surface area contributed by atoms with Crippen molar-refractivity contribution in [3.05, 3.63) is 27.4 Å². The predicted octanol–water partition coefficient (Wildman–Crippen LogP) is 1.33. The van der Waals surface area contributed by atoms with Gasteiger partial charge in [-0.05, 0) is 9.91 Å². The number of nitrogens with zero attached hydrogens (tertiary/aromatic N) is 2. The SMILES string of the molecule is O=C(O)c1cc(C(F)F)nc([N+](=O)[O-])c1O. The van der Waals surface area contributed by atoms with Crippen molar-refractivity contribution in [2.24, 2.45) is 0 Å². The van der Waals surface area contributed by atoms with Gasteiger partial charge in [-0.1, -0.05) is 0 Å². The van der Waals surface area contributed by atoms with Gasteiger partial charge in [0, 0.05) is 6.07 Å². The monoisotopic (exact) mass is 234 g/mol. The van der Waals surface area contributed by atoms with Crippen LogP contribution in [0.15, 0.2) is 6.07 Å². The number of alkyl halides is 2. The molecule has 0 aliphatic heterocycles. The Balaban J connectivity index is 3.51. The van der Waals surface area contributed by atoms with Crippen LogP contribution in [-0.4, -0.2) is 26.1 Å². The Morgan fingerprint density at radius 2 is 2.12 bits per heavy atom. The molecule has 9 heteroatoms. The van der Waals surface area contributed by atoms with Gasteiger partial charge in [-0.3, -0.25) is 0 Å². The average molecular weight is 234 g/mol. The summed E-state index contributed by atoms with van der Waals surface area (Å²) in [5.74, 6) is -4.32. The molecule has 1 rings (SSSR count). The number of carbonyl (C=O) groups is 1. The number of aromatic nitrogens is 1. The molecule has 16 heavy (non-hydrogen) atoms. The van der Waals surface area contributed by atoms with Gasteiger partial charge in [-0.15, -0.1) is 0 Å². The molecule has 0 fully saturated rings. The van der Waals surface area contributed by atoms with E-state index in [2.05, 4.69) is 4.98 Å². The molecule has 7 nitrogen and oxygen atoms in total. The van der Waals surface area contributed by atoms with Crippen molar-refractivity contribution in [2.45, 2.75) is 6.43 Å². The standard InChI is InChI=1S/C7H4F2N2O5/c8-5(9)3-1-2(7(13)14)4(12)6(10-3)11(15)16/h1,5,12H,(H,13,14). The maximum atomic E-state index is 12.2. The van der Waals surface area contributed by atoms with Crippen LogP contribution in [0.4, 0.5) is 14.6 Å². The molecular formula is C7H4F2N2O5. The molecule has 0 aliphatic rings. The highest BCUT2D eigenvalue weighted by atomic mass is 19.3. The number of hydrogen-bond donors (Lipinski definition) is 2. The van der Waals surface area contributed by atoms with Crippen LogP contribution in [0.1, 0.15) is 22.5 Å². The largest absolute Gasteiger partial charge is 0.500 e. The lowest BCUT2D eigenvalue weighted by Crippen LogP contribution is -2.05. The minimum absolute atomic E-state index is 0.384. The normalized spacial score (nSPS) is 10.4. The molecule has 1 aromatic rings. The van der Waals surface area contributed by atoms with Crippen molar-refractivity contribution in [1.82, 2.24) is 4.98 Å². The topological polar surface area (TPSA) is 114 Å². The zero-order valence-corrected chi connectivity index (χ0v) is 7.42. The van der Waals surface area contributed by atoms with Crippen LogP contribution in [0.2, 0.25) is 0 Å². The van der Waals surface area contributed by atoms with E-state index in [1.165, 1.54) is 0 Å². The van der Waals surface area contributed by atoms with Crippen molar-refractivity contribution in [1.29, 1.82) is 0 Å². The van der Waals surface area contributed by atoms with Crippen LogP contribution in [0.5, 0.6) is 5.75 Å². The van der Waals surface area contributed by atoms with Crippen LogP contribution in [0.3, 0.4) is 0 Å². The lowest BCUT2D eigenvalue weighted by Gasteiger charge is -2.02. The summed E-state index contributed by atoms with van der Waals surface area (Å²) in [7, 11) is 0. The van der Waals surface area contributed by atoms with Crippen LogP contribution in [0, 0.1) is 10.1 Å². The summed E-state index contributed by atoms with van der Waals surface area (Å²) in [6.45, 7) is 0. The van der Waals surface area contributed by atoms with Gasteiger partial charge in [0.25, 0.3) is 0 Å². The first kappa shape index (κ1) is 11.8. The third-order valence-electron chi connectivity index (χ3n) is 1.62. The number of rotatable bonds is 3. The molecule has 86 valence electrons. The summed E-state index contributed by atoms with van der Waals surface area (Å²) in [4.78, 5) is 22.4. The number of aromatic hydroxyl groups is 1. The lowest BCUT2D eigenvalue weighted by atomic mass is 10.2. The smallest absolute Gasteiger partial charge is 0.407 e. The van der Waals surface area contributed by atoms with Gasteiger partial charge in [0.05, 0.1) is 0 Å². The lowest BCUT2D eigenvalue weighted by molar-refractivity contribution is -0.390. The third kappa shape index (κ3) is 2.02. The fourth-order valence-corrected chi connectivity index (χ4v) is 0.946. The minimum Gasteiger partial charge on any atom is -0.500 e. The highest BCUT2D eigenvalue weighted by Crippen LogP contribution is 2.31. The number of carboxylic acids is 1. The van der Waals surface area contributed by atoms with E-state index < -0.39 is 40.1 Å². The van der Waals surface area contributed by atoms with E-state index in [0.717, 1.165) is 0 Å². The first-order valence-electron chi connectivity index (χ1n) is 3.74. The molecule has 0 bridgehead atoms. The molecule has 0 amide bonds. The van der Waals surface area contributed by atoms with Gasteiger partial charge >= 0.3 is 18.2 Å². The van der Waals surface area contributed by atoms with Gasteiger partial charge in [-0.25, -0.2) is 13.6 Å². The Hall–Kier alpha value is -2.32. The summed E-state index contributed by atoms with van der Waals surface area (Å²) in [5.41, 5.74) is -2.07. The number of aromatic carboxylic acids is 1. The highest BCUT2D eigenvalue weighted by molar-refractivity contribution is 5.92. The number of nitro groups is 1. The Morgan fingerprint density at radius 3 is 2.50 bits per heavy atom. The molecule has 0 atom stereocenters. The van der Waals surface area contributed by atoms with E-state index in [4.69, 9.17) is 10.2 Å². The zero-order valence-electron chi connectivity index (χ0n) is 7.42. The number of pyridine rings is 1. The Labute approximate surface area is 86.1 Å². The van der Waals surface area contributed by atoms with Crippen molar-refractivity contribution >= 4 is 11.8 Å². The van der Waals surface area contributed by atoms with Crippen LogP contribution in [0.25, 0.3) is 0 Å². The maximum Gasteiger partial charge on any atom is 0.407 e. The third-order valence-corrected chi connectivity index (χ3v) is 1.62. The van der Waals surface area contributed by atoms with Gasteiger partial charge in [0.1, 0.15) is 5.56 Å². The number of hydrogen-bond acceptors (Lipinski definition) is 5. The van der Waals surface area contributed by atoms with Crippen molar-refractivity contribution < 1.29 is 28.7 Å². The molecule has 2 N–H and O–H groups in total. The summed E-state index contributed by atoms with van der Waals surface area (Å²) in [6.07, 6.45) is -3.17. The van der Waals surface area contributed by atoms with Crippen LogP contribution in [-0.2, 0) is 0 Å². The van der Waals surface area contributed by atoms with Gasteiger partial charge in [-0.2, -0.15) is 0 Å². The van der Waals surface area contributed by atoms with Crippen molar-refractivity contribution in [3.8, 4) is 5.75 Å². The average Bonchev–Trinajstić information content (AvgIpc) is 2.16. The molecule has 0 saturated carbocycles. The summed E-state index contributed by atoms with van der Waals surface area (Å²) in [5, 5.41) is 27.9. The Kier molecular flexibility index (Phi) is 2.97. The minimum atomic E-state index is -3.17. The molecule has 0 spiro atoms. The fraction of sp³-hybridized carbons (Fsp3) is 0.143. The van der Waals surface area contributed by atoms with Crippen LogP contribution < -0.4 is 0 Å². The van der Waals surface area contributed by atoms with E-state index in [1.54, 1.807) is 0 Å². The second-order valence-electron chi connectivity index (χ2n) is 2.63. The zero-order chi connectivity index (χ0) is 12.5. The molecule has 0 radical (unpaired) electrons. The highest BCUT2D eigenvalue weighted by Gasteiger charge is 2.29. The van der Waals surface area contributed by atoms with E-state index in [1.807, 2.05) is 0 Å². The quantitative estimate of drug-likeness (QED) is 0.602. The van der Waals surface area contributed by atoms with Crippen molar-refractivity contribution in [2.75, 3.05) is 0 Å². The molecule has 0 aliphatic carbocycles. The predicted molar refractivity (Wildman–Crippen MR) is 44.5 cm³/mol. The Morgan fingerprint density at radius 1 is 1.56 bits per heavy atom. The second kappa shape index (κ2) is 4.04. The summed E-state index contributed by atoms with van der Waals surface area (Å²) >= 11 is 0. The maximum absolute atomic E-state index is 12.2. The molecular weight excluding hydrogens is 230 g/mol. The van der Waals surface area contributed by atoms with Crippen molar-refractivity contribution in [3.63, 3.8) is 0 Å². The van der Waals surface area contributed by atoms with Gasteiger partial charge in [0.2, 0.25) is 11.4 Å².